The summed E-state index contributed by atoms with van der Waals surface area (Å²) >= 11 is 0. The predicted octanol–water partition coefficient (Wildman–Crippen LogP) is 1.07. The Morgan fingerprint density at radius 1 is 1.33 bits per heavy atom. The molecule has 2 aliphatic rings. The Bertz CT molecular complexity index is 563. The highest BCUT2D eigenvalue weighted by Gasteiger charge is 2.35. The van der Waals surface area contributed by atoms with Gasteiger partial charge in [-0.2, -0.15) is 0 Å². The van der Waals surface area contributed by atoms with Gasteiger partial charge in [-0.15, -0.1) is 0 Å². The second kappa shape index (κ2) is 5.26. The fourth-order valence-electron chi connectivity index (χ4n) is 3.49. The highest BCUT2D eigenvalue weighted by atomic mass is 16.3. The van der Waals surface area contributed by atoms with Crippen LogP contribution in [0.2, 0.25) is 0 Å². The molecule has 21 heavy (non-hydrogen) atoms. The van der Waals surface area contributed by atoms with Crippen LogP contribution in [0.5, 0.6) is 0 Å². The van der Waals surface area contributed by atoms with Gasteiger partial charge in [0, 0.05) is 38.2 Å². The van der Waals surface area contributed by atoms with Crippen molar-refractivity contribution in [2.75, 3.05) is 24.5 Å². The topological polar surface area (TPSA) is 69.6 Å². The maximum absolute atomic E-state index is 11.5. The molecule has 1 saturated heterocycles. The van der Waals surface area contributed by atoms with Crippen LogP contribution >= 0.6 is 0 Å². The van der Waals surface area contributed by atoms with Gasteiger partial charge in [-0.1, -0.05) is 6.92 Å². The SMILES string of the molecule is CC(=O)N1CCN(c2ncnc3c2[C@H](C)C[C@H]3O)[C@@H](C)C1. The summed E-state index contributed by atoms with van der Waals surface area (Å²) in [5.41, 5.74) is 1.85. The zero-order valence-electron chi connectivity index (χ0n) is 12.8. The van der Waals surface area contributed by atoms with Crippen LogP contribution in [-0.4, -0.2) is 51.6 Å². The molecule has 1 aromatic heterocycles. The van der Waals surface area contributed by atoms with Crippen LogP contribution in [0.15, 0.2) is 6.33 Å². The summed E-state index contributed by atoms with van der Waals surface area (Å²) in [5, 5.41) is 10.1. The van der Waals surface area contributed by atoms with E-state index in [1.165, 1.54) is 0 Å². The summed E-state index contributed by atoms with van der Waals surface area (Å²) < 4.78 is 0. The number of hydrogen-bond donors (Lipinski definition) is 1. The molecule has 1 N–H and O–H groups in total. The van der Waals surface area contributed by atoms with Crippen LogP contribution in [0.3, 0.4) is 0 Å². The number of hydrogen-bond acceptors (Lipinski definition) is 5. The maximum Gasteiger partial charge on any atom is 0.219 e. The smallest absolute Gasteiger partial charge is 0.219 e. The first-order valence-electron chi connectivity index (χ1n) is 7.54. The highest BCUT2D eigenvalue weighted by Crippen LogP contribution is 2.43. The van der Waals surface area contributed by atoms with E-state index in [9.17, 15) is 9.90 Å². The molecule has 6 nitrogen and oxygen atoms in total. The van der Waals surface area contributed by atoms with Crippen molar-refractivity contribution in [1.29, 1.82) is 0 Å². The van der Waals surface area contributed by atoms with Crippen molar-refractivity contribution >= 4 is 11.7 Å². The molecule has 114 valence electrons. The number of amides is 1. The van der Waals surface area contributed by atoms with Gasteiger partial charge in [-0.05, 0) is 19.3 Å². The molecule has 0 bridgehead atoms. The second-order valence-corrected chi connectivity index (χ2v) is 6.16. The lowest BCUT2D eigenvalue weighted by atomic mass is 10.0. The van der Waals surface area contributed by atoms with E-state index in [-0.39, 0.29) is 17.9 Å². The Hall–Kier alpha value is -1.69. The largest absolute Gasteiger partial charge is 0.387 e. The molecule has 0 radical (unpaired) electrons. The number of fused-ring (bicyclic) bond motifs is 1. The molecule has 1 aliphatic heterocycles. The van der Waals surface area contributed by atoms with Crippen LogP contribution in [0, 0.1) is 0 Å². The van der Waals surface area contributed by atoms with E-state index in [0.717, 1.165) is 30.2 Å². The van der Waals surface area contributed by atoms with E-state index in [2.05, 4.69) is 28.7 Å². The van der Waals surface area contributed by atoms with Gasteiger partial charge < -0.3 is 14.9 Å². The lowest BCUT2D eigenvalue weighted by Crippen LogP contribution is -2.53. The lowest BCUT2D eigenvalue weighted by Gasteiger charge is -2.41. The van der Waals surface area contributed by atoms with Gasteiger partial charge in [0.2, 0.25) is 5.91 Å². The van der Waals surface area contributed by atoms with Gasteiger partial charge >= 0.3 is 0 Å². The molecule has 6 heteroatoms. The number of carbonyl (C=O) groups excluding carboxylic acids is 1. The molecule has 1 aliphatic carbocycles. The first-order valence-corrected chi connectivity index (χ1v) is 7.54. The normalized spacial score (nSPS) is 28.7. The zero-order valence-corrected chi connectivity index (χ0v) is 12.8. The molecule has 0 spiro atoms. The van der Waals surface area contributed by atoms with Crippen LogP contribution in [-0.2, 0) is 4.79 Å². The fraction of sp³-hybridized carbons (Fsp3) is 0.667. The standard InChI is InChI=1S/C15H22N4O2/c1-9-6-12(21)14-13(9)15(17-8-16-14)19-5-4-18(11(3)20)7-10(19)2/h8-10,12,21H,4-7H2,1-3H3/t9-,10+,12-/m1/s1. The zero-order chi connectivity index (χ0) is 15.1. The minimum absolute atomic E-state index is 0.123. The van der Waals surface area contributed by atoms with Crippen molar-refractivity contribution in [3.63, 3.8) is 0 Å². The summed E-state index contributed by atoms with van der Waals surface area (Å²) in [6.45, 7) is 8.04. The third-order valence-electron chi connectivity index (χ3n) is 4.62. The molecule has 3 rings (SSSR count). The van der Waals surface area contributed by atoms with E-state index in [4.69, 9.17) is 0 Å². The van der Waals surface area contributed by atoms with Crippen molar-refractivity contribution in [3.05, 3.63) is 17.6 Å². The molecule has 1 amide bonds. The summed E-state index contributed by atoms with van der Waals surface area (Å²) in [5.74, 6) is 1.32. The Kier molecular flexibility index (Phi) is 3.57. The number of aromatic nitrogens is 2. The summed E-state index contributed by atoms with van der Waals surface area (Å²) in [6.07, 6.45) is 1.77. The van der Waals surface area contributed by atoms with E-state index in [1.54, 1.807) is 13.3 Å². The Balaban J connectivity index is 1.91. The summed E-state index contributed by atoms with van der Waals surface area (Å²) in [4.78, 5) is 24.4. The van der Waals surface area contributed by atoms with E-state index >= 15 is 0 Å². The number of carbonyl (C=O) groups is 1. The minimum Gasteiger partial charge on any atom is -0.387 e. The molecule has 0 unspecified atom stereocenters. The van der Waals surface area contributed by atoms with Crippen LogP contribution in [0.4, 0.5) is 5.82 Å². The number of aliphatic hydroxyl groups excluding tert-OH is 1. The minimum atomic E-state index is -0.481. The molecule has 3 atom stereocenters. The molecular weight excluding hydrogens is 268 g/mol. The van der Waals surface area contributed by atoms with Gasteiger partial charge in [0.05, 0.1) is 11.8 Å². The lowest BCUT2D eigenvalue weighted by molar-refractivity contribution is -0.129. The molecule has 0 aromatic carbocycles. The first kappa shape index (κ1) is 14.3. The van der Waals surface area contributed by atoms with Crippen LogP contribution < -0.4 is 4.90 Å². The van der Waals surface area contributed by atoms with Gasteiger partial charge in [-0.25, -0.2) is 9.97 Å². The Labute approximate surface area is 124 Å². The number of anilines is 1. The van der Waals surface area contributed by atoms with Gasteiger partial charge in [0.15, 0.2) is 0 Å². The first-order chi connectivity index (χ1) is 9.99. The van der Waals surface area contributed by atoms with Crippen molar-refractivity contribution in [2.45, 2.75) is 45.3 Å². The quantitative estimate of drug-likeness (QED) is 0.838. The highest BCUT2D eigenvalue weighted by molar-refractivity contribution is 5.73. The summed E-state index contributed by atoms with van der Waals surface area (Å²) in [7, 11) is 0. The van der Waals surface area contributed by atoms with Gasteiger partial charge in [0.1, 0.15) is 12.1 Å². The van der Waals surface area contributed by atoms with Crippen molar-refractivity contribution in [2.24, 2.45) is 0 Å². The predicted molar refractivity (Wildman–Crippen MR) is 79.1 cm³/mol. The van der Waals surface area contributed by atoms with E-state index in [0.29, 0.717) is 13.0 Å². The molecule has 2 heterocycles. The summed E-state index contributed by atoms with van der Waals surface area (Å²) in [6, 6.07) is 0.214. The average molecular weight is 290 g/mol. The van der Waals surface area contributed by atoms with Crippen molar-refractivity contribution in [1.82, 2.24) is 14.9 Å². The molecule has 0 saturated carbocycles. The Morgan fingerprint density at radius 3 is 2.76 bits per heavy atom. The number of nitrogens with zero attached hydrogens (tertiary/aromatic N) is 4. The number of aliphatic hydroxyl groups is 1. The fourth-order valence-corrected chi connectivity index (χ4v) is 3.49. The third-order valence-corrected chi connectivity index (χ3v) is 4.62. The van der Waals surface area contributed by atoms with Crippen molar-refractivity contribution in [3.8, 4) is 0 Å². The molecule has 1 aromatic rings. The third kappa shape index (κ3) is 2.37. The average Bonchev–Trinajstić information content (AvgIpc) is 2.74. The van der Waals surface area contributed by atoms with Crippen molar-refractivity contribution < 1.29 is 9.90 Å². The van der Waals surface area contributed by atoms with Gasteiger partial charge in [-0.3, -0.25) is 4.79 Å². The van der Waals surface area contributed by atoms with E-state index < -0.39 is 6.10 Å². The number of rotatable bonds is 1. The van der Waals surface area contributed by atoms with Crippen LogP contribution in [0.1, 0.15) is 50.5 Å². The number of piperazine rings is 1. The van der Waals surface area contributed by atoms with E-state index in [1.807, 2.05) is 4.90 Å². The molecule has 1 fully saturated rings. The van der Waals surface area contributed by atoms with Gasteiger partial charge in [0.25, 0.3) is 0 Å². The second-order valence-electron chi connectivity index (χ2n) is 6.16. The Morgan fingerprint density at radius 2 is 2.10 bits per heavy atom. The maximum atomic E-state index is 11.5. The molecular formula is C15H22N4O2. The monoisotopic (exact) mass is 290 g/mol. The van der Waals surface area contributed by atoms with Crippen LogP contribution in [0.25, 0.3) is 0 Å².